The van der Waals surface area contributed by atoms with Crippen LogP contribution in [0.1, 0.15) is 30.4 Å². The fourth-order valence-electron chi connectivity index (χ4n) is 5.31. The Kier molecular flexibility index (Phi) is 4.56. The van der Waals surface area contributed by atoms with Gasteiger partial charge in [0.25, 0.3) is 5.91 Å². The molecule has 13 heteroatoms. The number of aromatic hydroxyl groups is 1. The van der Waals surface area contributed by atoms with Gasteiger partial charge in [0.1, 0.15) is 17.1 Å². The van der Waals surface area contributed by atoms with Gasteiger partial charge in [-0.1, -0.05) is 6.92 Å². The lowest BCUT2D eigenvalue weighted by Gasteiger charge is -2.50. The van der Waals surface area contributed by atoms with Gasteiger partial charge in [0.15, 0.2) is 11.4 Å². The Labute approximate surface area is 184 Å². The number of phenols is 1. The molecule has 0 aliphatic heterocycles. The Morgan fingerprint density at radius 2 is 1.88 bits per heavy atom. The summed E-state index contributed by atoms with van der Waals surface area (Å²) < 4.78 is 0. The minimum absolute atomic E-state index is 0.0152. The van der Waals surface area contributed by atoms with E-state index in [1.54, 1.807) is 0 Å². The summed E-state index contributed by atoms with van der Waals surface area (Å²) in [5.41, 5.74) is 4.81. The van der Waals surface area contributed by atoms with Crippen molar-refractivity contribution < 1.29 is 44.8 Å². The van der Waals surface area contributed by atoms with Gasteiger partial charge in [0.05, 0.1) is 16.6 Å². The average molecular weight is 461 g/mol. The molecular weight excluding hydrogens is 442 g/mol. The van der Waals surface area contributed by atoms with Crippen LogP contribution in [-0.2, 0) is 14.4 Å². The lowest BCUT2D eigenvalue weighted by Crippen LogP contribution is -2.63. The van der Waals surface area contributed by atoms with Crippen LogP contribution in [0.25, 0.3) is 5.76 Å². The van der Waals surface area contributed by atoms with Crippen molar-refractivity contribution in [3.8, 4) is 5.75 Å². The molecule has 13 nitrogen and oxygen atoms in total. The van der Waals surface area contributed by atoms with Crippen LogP contribution >= 0.6 is 0 Å². The molecule has 1 fully saturated rings. The number of fused-ring (bicyclic) bond motifs is 3. The van der Waals surface area contributed by atoms with Crippen LogP contribution in [0.4, 0.5) is 11.4 Å². The third kappa shape index (κ3) is 2.57. The predicted octanol–water partition coefficient (Wildman–Crippen LogP) is -0.554. The average Bonchev–Trinajstić information content (AvgIpc) is 2.72. The zero-order valence-corrected chi connectivity index (χ0v) is 17.0. The van der Waals surface area contributed by atoms with Gasteiger partial charge in [-0.05, 0) is 11.5 Å². The van der Waals surface area contributed by atoms with E-state index in [0.717, 1.165) is 6.07 Å². The smallest absolute Gasteiger partial charge is 0.313 e. The van der Waals surface area contributed by atoms with Crippen LogP contribution in [-0.4, -0.2) is 59.6 Å². The number of phenolic OH excluding ortho intramolecular Hbond substituents is 1. The van der Waals surface area contributed by atoms with E-state index in [9.17, 15) is 50.0 Å². The highest BCUT2D eigenvalue weighted by molar-refractivity contribution is 6.23. The number of nitrogens with two attached hydrogens (primary N) is 2. The highest BCUT2D eigenvalue weighted by atomic mass is 16.6. The van der Waals surface area contributed by atoms with Gasteiger partial charge < -0.3 is 37.0 Å². The van der Waals surface area contributed by atoms with Crippen molar-refractivity contribution in [1.29, 1.82) is 0 Å². The van der Waals surface area contributed by atoms with Crippen LogP contribution in [0, 0.1) is 22.0 Å². The molecule has 0 spiro atoms. The topological polar surface area (TPSA) is 248 Å². The molecule has 1 aromatic rings. The maximum absolute atomic E-state index is 13.4. The molecule has 0 radical (unpaired) electrons. The highest BCUT2D eigenvalue weighted by Gasteiger charge is 2.65. The Hall–Kier alpha value is -3.97. The standard InChI is InChI=1S/C20H19N3O10/c1-4-9-6(21)3-7(23(32)33)15(26)12(9)16(27)13-10(4)14(25)5-2-8(24)11(19(22)30)17(28)20(5,31)18(13)29/h3-5,10,14,25-28,31H,2,21H2,1H3,(H2,22,30)/t4-,5-,10-,14+,20-/m1/s1. The van der Waals surface area contributed by atoms with Crippen LogP contribution in [0.2, 0.25) is 0 Å². The molecular formula is C20H19N3O10. The van der Waals surface area contributed by atoms with Crippen LogP contribution in [0.15, 0.2) is 23.0 Å². The Morgan fingerprint density at radius 3 is 2.42 bits per heavy atom. The number of primary amides is 1. The van der Waals surface area contributed by atoms with E-state index in [2.05, 4.69) is 0 Å². The molecule has 0 unspecified atom stereocenters. The van der Waals surface area contributed by atoms with Crippen molar-refractivity contribution in [3.05, 3.63) is 44.2 Å². The number of aliphatic hydroxyl groups is 4. The zero-order valence-electron chi connectivity index (χ0n) is 17.0. The molecule has 5 atom stereocenters. The maximum Gasteiger partial charge on any atom is 0.313 e. The molecule has 0 aromatic heterocycles. The number of ketones is 2. The van der Waals surface area contributed by atoms with Crippen molar-refractivity contribution in [2.45, 2.75) is 31.0 Å². The number of anilines is 1. The number of carbonyl (C=O) groups excluding carboxylic acids is 3. The summed E-state index contributed by atoms with van der Waals surface area (Å²) in [6, 6.07) is 0.869. The molecule has 174 valence electrons. The molecule has 3 aliphatic carbocycles. The summed E-state index contributed by atoms with van der Waals surface area (Å²) in [6.45, 7) is 1.47. The molecule has 0 saturated heterocycles. The molecule has 0 bridgehead atoms. The number of amides is 1. The number of nitrogen functional groups attached to an aromatic ring is 1. The second-order valence-electron chi connectivity index (χ2n) is 8.36. The van der Waals surface area contributed by atoms with E-state index in [-0.39, 0.29) is 11.3 Å². The van der Waals surface area contributed by atoms with Crippen molar-refractivity contribution in [1.82, 2.24) is 0 Å². The van der Waals surface area contributed by atoms with E-state index < -0.39 is 97.9 Å². The summed E-state index contributed by atoms with van der Waals surface area (Å²) in [5.74, 6) is -10.9. The third-order valence-electron chi connectivity index (χ3n) is 6.80. The quantitative estimate of drug-likeness (QED) is 0.0967. The van der Waals surface area contributed by atoms with Gasteiger partial charge in [-0.15, -0.1) is 0 Å². The SMILES string of the molecule is C[C@@H]1c2c(N)cc([N+](=O)[O-])c(O)c2C(O)=C2C(=O)[C@]3(O)C(O)=C(C(N)=O)C(=O)C[C@@H]3[C@H](O)[C@@H]21. The van der Waals surface area contributed by atoms with E-state index in [0.29, 0.717) is 0 Å². The van der Waals surface area contributed by atoms with Gasteiger partial charge in [-0.3, -0.25) is 24.5 Å². The number of nitro groups is 1. The normalized spacial score (nSPS) is 31.1. The second kappa shape index (κ2) is 6.76. The van der Waals surface area contributed by atoms with E-state index in [1.807, 2.05) is 0 Å². The van der Waals surface area contributed by atoms with Gasteiger partial charge in [-0.2, -0.15) is 0 Å². The van der Waals surface area contributed by atoms with Crippen LogP contribution in [0.5, 0.6) is 5.75 Å². The molecule has 1 amide bonds. The molecule has 3 aliphatic rings. The summed E-state index contributed by atoms with van der Waals surface area (Å²) in [5, 5.41) is 65.5. The first kappa shape index (κ1) is 22.2. The molecule has 9 N–H and O–H groups in total. The lowest BCUT2D eigenvalue weighted by molar-refractivity contribution is -0.385. The van der Waals surface area contributed by atoms with E-state index in [1.165, 1.54) is 6.92 Å². The molecule has 1 saturated carbocycles. The third-order valence-corrected chi connectivity index (χ3v) is 6.80. The number of rotatable bonds is 2. The molecule has 0 heterocycles. The summed E-state index contributed by atoms with van der Waals surface area (Å²) >= 11 is 0. The van der Waals surface area contributed by atoms with Gasteiger partial charge in [-0.25, -0.2) is 0 Å². The minimum Gasteiger partial charge on any atom is -0.508 e. The van der Waals surface area contributed by atoms with E-state index in [4.69, 9.17) is 11.5 Å². The zero-order chi connectivity index (χ0) is 24.7. The van der Waals surface area contributed by atoms with Crippen molar-refractivity contribution >= 4 is 34.6 Å². The molecule has 1 aromatic carbocycles. The van der Waals surface area contributed by atoms with Gasteiger partial charge in [0, 0.05) is 35.6 Å². The van der Waals surface area contributed by atoms with Gasteiger partial charge >= 0.3 is 5.69 Å². The summed E-state index contributed by atoms with van der Waals surface area (Å²) in [4.78, 5) is 47.8. The number of Topliss-reactive ketones (excluding diaryl/α,β-unsaturated/α-hetero) is 2. The fraction of sp³-hybridized carbons (Fsp3) is 0.350. The largest absolute Gasteiger partial charge is 0.508 e. The highest BCUT2D eigenvalue weighted by Crippen LogP contribution is 2.57. The number of nitrogens with zero attached hydrogens (tertiary/aromatic N) is 1. The van der Waals surface area contributed by atoms with Crippen LogP contribution < -0.4 is 11.5 Å². The fourth-order valence-corrected chi connectivity index (χ4v) is 5.31. The summed E-state index contributed by atoms with van der Waals surface area (Å²) in [6.07, 6.45) is -2.43. The lowest BCUT2D eigenvalue weighted by atomic mass is 9.55. The first-order valence-electron chi connectivity index (χ1n) is 9.71. The first-order chi connectivity index (χ1) is 15.3. The number of aliphatic hydroxyl groups excluding tert-OH is 3. The molecule has 33 heavy (non-hydrogen) atoms. The Balaban J connectivity index is 2.06. The number of benzene rings is 1. The van der Waals surface area contributed by atoms with Crippen molar-refractivity contribution in [3.63, 3.8) is 0 Å². The molecule has 4 rings (SSSR count). The predicted molar refractivity (Wildman–Crippen MR) is 109 cm³/mol. The summed E-state index contributed by atoms with van der Waals surface area (Å²) in [7, 11) is 0. The first-order valence-corrected chi connectivity index (χ1v) is 9.71. The Bertz CT molecular complexity index is 1250. The minimum atomic E-state index is -2.99. The maximum atomic E-state index is 13.4. The van der Waals surface area contributed by atoms with Crippen LogP contribution in [0.3, 0.4) is 0 Å². The van der Waals surface area contributed by atoms with E-state index >= 15 is 0 Å². The number of hydrogen-bond acceptors (Lipinski definition) is 11. The van der Waals surface area contributed by atoms with Crippen molar-refractivity contribution in [2.24, 2.45) is 17.6 Å². The Morgan fingerprint density at radius 1 is 1.27 bits per heavy atom. The van der Waals surface area contributed by atoms with Gasteiger partial charge in [0.2, 0.25) is 11.5 Å². The number of nitro benzene ring substituents is 1. The monoisotopic (exact) mass is 461 g/mol. The number of carbonyl (C=O) groups is 3. The van der Waals surface area contributed by atoms with Crippen molar-refractivity contribution in [2.75, 3.05) is 5.73 Å². The number of hydrogen-bond donors (Lipinski definition) is 7. The second-order valence-corrected chi connectivity index (χ2v) is 8.36.